The standard InChI is InChI=1S/C18H24N2O2S.ClH/c1-3-5-13-7-9-14(10-8-13)17(16-6-4-11-23-16)20-18(21)15(19)12-22-2;/h4,6-11,15,17H,3,5,12,19H2,1-2H3,(H,20,21);1H. The topological polar surface area (TPSA) is 64.4 Å². The molecule has 1 aromatic heterocycles. The average Bonchev–Trinajstić information content (AvgIpc) is 3.08. The summed E-state index contributed by atoms with van der Waals surface area (Å²) in [6, 6.07) is 11.6. The Labute approximate surface area is 153 Å². The molecule has 1 aromatic carbocycles. The first-order valence-corrected chi connectivity index (χ1v) is 8.70. The van der Waals surface area contributed by atoms with Crippen LogP contribution in [0.5, 0.6) is 0 Å². The third-order valence-electron chi connectivity index (χ3n) is 3.65. The Balaban J connectivity index is 0.00000288. The van der Waals surface area contributed by atoms with Crippen molar-refractivity contribution in [2.45, 2.75) is 31.8 Å². The minimum Gasteiger partial charge on any atom is -0.383 e. The highest BCUT2D eigenvalue weighted by molar-refractivity contribution is 7.10. The fraction of sp³-hybridized carbons (Fsp3) is 0.389. The Bertz CT molecular complexity index is 602. The molecule has 0 aliphatic heterocycles. The third-order valence-corrected chi connectivity index (χ3v) is 4.59. The lowest BCUT2D eigenvalue weighted by Crippen LogP contribution is -2.44. The summed E-state index contributed by atoms with van der Waals surface area (Å²) in [4.78, 5) is 13.4. The summed E-state index contributed by atoms with van der Waals surface area (Å²) >= 11 is 1.62. The lowest BCUT2D eigenvalue weighted by atomic mass is 10.0. The Kier molecular flexibility index (Phi) is 9.00. The maximum absolute atomic E-state index is 12.3. The van der Waals surface area contributed by atoms with E-state index >= 15 is 0 Å². The SMILES string of the molecule is CCCc1ccc(C(NC(=O)C(N)COC)c2cccs2)cc1.Cl. The number of aryl methyl sites for hydroxylation is 1. The molecular formula is C18H25ClN2O2S. The molecule has 24 heavy (non-hydrogen) atoms. The van der Waals surface area contributed by atoms with Crippen molar-refractivity contribution in [3.8, 4) is 0 Å². The van der Waals surface area contributed by atoms with Crippen LogP contribution in [0.3, 0.4) is 0 Å². The van der Waals surface area contributed by atoms with Crippen LogP contribution in [0.1, 0.15) is 35.4 Å². The number of carbonyl (C=O) groups is 1. The lowest BCUT2D eigenvalue weighted by Gasteiger charge is -2.20. The molecule has 0 bridgehead atoms. The van der Waals surface area contributed by atoms with Crippen molar-refractivity contribution in [3.05, 3.63) is 57.8 Å². The summed E-state index contributed by atoms with van der Waals surface area (Å²) in [5.74, 6) is -0.206. The van der Waals surface area contributed by atoms with Gasteiger partial charge in [-0.2, -0.15) is 0 Å². The number of nitrogens with one attached hydrogen (secondary N) is 1. The molecule has 3 N–H and O–H groups in total. The molecule has 132 valence electrons. The molecule has 1 heterocycles. The minimum atomic E-state index is -0.665. The normalized spacial score (nSPS) is 13.0. The van der Waals surface area contributed by atoms with Crippen molar-refractivity contribution >= 4 is 29.7 Å². The number of rotatable bonds is 8. The summed E-state index contributed by atoms with van der Waals surface area (Å²) in [6.07, 6.45) is 2.19. The maximum atomic E-state index is 12.3. The van der Waals surface area contributed by atoms with Gasteiger partial charge in [-0.25, -0.2) is 0 Å². The zero-order valence-corrected chi connectivity index (χ0v) is 15.7. The Morgan fingerprint density at radius 2 is 2.00 bits per heavy atom. The van der Waals surface area contributed by atoms with Crippen LogP contribution in [0.25, 0.3) is 0 Å². The summed E-state index contributed by atoms with van der Waals surface area (Å²) in [6.45, 7) is 2.37. The molecule has 2 aromatic rings. The number of nitrogens with two attached hydrogens (primary N) is 1. The Morgan fingerprint density at radius 1 is 1.29 bits per heavy atom. The van der Waals surface area contributed by atoms with E-state index in [0.717, 1.165) is 23.3 Å². The zero-order chi connectivity index (χ0) is 16.7. The number of benzene rings is 1. The van der Waals surface area contributed by atoms with E-state index in [4.69, 9.17) is 10.5 Å². The highest BCUT2D eigenvalue weighted by Crippen LogP contribution is 2.26. The molecule has 0 fully saturated rings. The van der Waals surface area contributed by atoms with Gasteiger partial charge < -0.3 is 15.8 Å². The van der Waals surface area contributed by atoms with E-state index in [2.05, 4.69) is 36.5 Å². The van der Waals surface area contributed by atoms with E-state index < -0.39 is 6.04 Å². The number of thiophene rings is 1. The second-order valence-electron chi connectivity index (χ2n) is 5.51. The highest BCUT2D eigenvalue weighted by Gasteiger charge is 2.21. The van der Waals surface area contributed by atoms with Gasteiger partial charge in [0, 0.05) is 12.0 Å². The largest absolute Gasteiger partial charge is 0.383 e. The van der Waals surface area contributed by atoms with Crippen LogP contribution in [0.2, 0.25) is 0 Å². The van der Waals surface area contributed by atoms with E-state index in [1.807, 2.05) is 17.5 Å². The van der Waals surface area contributed by atoms with E-state index in [1.54, 1.807) is 11.3 Å². The number of halogens is 1. The fourth-order valence-electron chi connectivity index (χ4n) is 2.44. The fourth-order valence-corrected chi connectivity index (χ4v) is 3.25. The zero-order valence-electron chi connectivity index (χ0n) is 14.0. The predicted octanol–water partition coefficient (Wildman–Crippen LogP) is 3.30. The van der Waals surface area contributed by atoms with E-state index in [0.29, 0.717) is 0 Å². The number of hydrogen-bond donors (Lipinski definition) is 2. The smallest absolute Gasteiger partial charge is 0.240 e. The van der Waals surface area contributed by atoms with E-state index in [-0.39, 0.29) is 31.0 Å². The summed E-state index contributed by atoms with van der Waals surface area (Å²) in [5, 5.41) is 5.05. The first-order valence-electron chi connectivity index (χ1n) is 7.82. The summed E-state index contributed by atoms with van der Waals surface area (Å²) in [7, 11) is 1.54. The average molecular weight is 369 g/mol. The molecular weight excluding hydrogens is 344 g/mol. The van der Waals surface area contributed by atoms with Crippen LogP contribution >= 0.6 is 23.7 Å². The molecule has 0 spiro atoms. The molecule has 0 saturated heterocycles. The number of hydrogen-bond acceptors (Lipinski definition) is 4. The lowest BCUT2D eigenvalue weighted by molar-refractivity contribution is -0.123. The molecule has 0 radical (unpaired) electrons. The Hall–Kier alpha value is -1.40. The van der Waals surface area contributed by atoms with Gasteiger partial charge in [0.25, 0.3) is 0 Å². The molecule has 4 nitrogen and oxygen atoms in total. The van der Waals surface area contributed by atoms with Crippen molar-refractivity contribution in [3.63, 3.8) is 0 Å². The second kappa shape index (κ2) is 10.5. The molecule has 0 aliphatic carbocycles. The second-order valence-corrected chi connectivity index (χ2v) is 6.49. The number of methoxy groups -OCH3 is 1. The molecule has 2 atom stereocenters. The van der Waals surface area contributed by atoms with Crippen LogP contribution in [0.4, 0.5) is 0 Å². The van der Waals surface area contributed by atoms with Gasteiger partial charge in [0.1, 0.15) is 6.04 Å². The van der Waals surface area contributed by atoms with E-state index in [9.17, 15) is 4.79 Å². The first kappa shape index (κ1) is 20.6. The van der Waals surface area contributed by atoms with Gasteiger partial charge in [-0.05, 0) is 29.0 Å². The molecule has 2 rings (SSSR count). The molecule has 0 aliphatic rings. The van der Waals surface area contributed by atoms with Gasteiger partial charge in [-0.3, -0.25) is 4.79 Å². The monoisotopic (exact) mass is 368 g/mol. The van der Waals surface area contributed by atoms with Crippen LogP contribution in [-0.4, -0.2) is 25.7 Å². The van der Waals surface area contributed by atoms with Gasteiger partial charge >= 0.3 is 0 Å². The molecule has 1 amide bonds. The number of carbonyl (C=O) groups excluding carboxylic acids is 1. The summed E-state index contributed by atoms with van der Waals surface area (Å²) in [5.41, 5.74) is 8.21. The predicted molar refractivity (Wildman–Crippen MR) is 102 cm³/mol. The molecule has 6 heteroatoms. The molecule has 0 saturated carbocycles. The van der Waals surface area contributed by atoms with Crippen LogP contribution in [0.15, 0.2) is 41.8 Å². The number of ether oxygens (including phenoxy) is 1. The van der Waals surface area contributed by atoms with Crippen molar-refractivity contribution in [1.82, 2.24) is 5.32 Å². The van der Waals surface area contributed by atoms with Gasteiger partial charge in [0.15, 0.2) is 0 Å². The van der Waals surface area contributed by atoms with Crippen molar-refractivity contribution in [2.24, 2.45) is 5.73 Å². The van der Waals surface area contributed by atoms with E-state index in [1.165, 1.54) is 12.7 Å². The minimum absolute atomic E-state index is 0. The molecule has 2 unspecified atom stereocenters. The van der Waals surface area contributed by atoms with Crippen molar-refractivity contribution in [2.75, 3.05) is 13.7 Å². The number of amides is 1. The summed E-state index contributed by atoms with van der Waals surface area (Å²) < 4.78 is 4.96. The van der Waals surface area contributed by atoms with Crippen LogP contribution < -0.4 is 11.1 Å². The van der Waals surface area contributed by atoms with Gasteiger partial charge in [0.2, 0.25) is 5.91 Å². The van der Waals surface area contributed by atoms with Crippen LogP contribution in [0, 0.1) is 0 Å². The highest BCUT2D eigenvalue weighted by atomic mass is 35.5. The van der Waals surface area contributed by atoms with Gasteiger partial charge in [0.05, 0.1) is 12.6 Å². The maximum Gasteiger partial charge on any atom is 0.240 e. The van der Waals surface area contributed by atoms with Crippen molar-refractivity contribution in [1.29, 1.82) is 0 Å². The van der Waals surface area contributed by atoms with Crippen LogP contribution in [-0.2, 0) is 16.0 Å². The Morgan fingerprint density at radius 3 is 2.54 bits per heavy atom. The quantitative estimate of drug-likeness (QED) is 0.751. The first-order chi connectivity index (χ1) is 11.2. The van der Waals surface area contributed by atoms with Gasteiger partial charge in [-0.1, -0.05) is 43.7 Å². The third kappa shape index (κ3) is 5.60. The van der Waals surface area contributed by atoms with Crippen molar-refractivity contribution < 1.29 is 9.53 Å². The van der Waals surface area contributed by atoms with Gasteiger partial charge in [-0.15, -0.1) is 23.7 Å².